The zero-order valence-corrected chi connectivity index (χ0v) is 18.9. The van der Waals surface area contributed by atoms with Crippen LogP contribution in [0.1, 0.15) is 26.2 Å². The molecule has 0 spiro atoms. The Labute approximate surface area is 186 Å². The van der Waals surface area contributed by atoms with Crippen molar-refractivity contribution in [1.29, 1.82) is 0 Å². The molecular weight excluding hydrogens is 451 g/mol. The number of carbonyl (C=O) groups excluding carboxylic acids is 2. The van der Waals surface area contributed by atoms with Crippen molar-refractivity contribution < 1.29 is 22.7 Å². The zero-order valence-electron chi connectivity index (χ0n) is 16.6. The fraction of sp³-hybridized carbons (Fsp3) is 0.500. The third-order valence-corrected chi connectivity index (χ3v) is 7.82. The zero-order chi connectivity index (χ0) is 22.1. The highest BCUT2D eigenvalue weighted by molar-refractivity contribution is 7.89. The molecule has 0 radical (unpaired) electrons. The molecule has 30 heavy (non-hydrogen) atoms. The topological polar surface area (TPSA) is 84.0 Å². The van der Waals surface area contributed by atoms with E-state index < -0.39 is 34.0 Å². The number of halogens is 2. The number of nitrogens with zero attached hydrogens (tertiary/aromatic N) is 2. The highest BCUT2D eigenvalue weighted by Crippen LogP contribution is 2.38. The molecule has 3 rings (SSSR count). The monoisotopic (exact) mass is 474 g/mol. The Kier molecular flexibility index (Phi) is 7.12. The van der Waals surface area contributed by atoms with E-state index >= 15 is 0 Å². The number of fused-ring (bicyclic) bond motifs is 2. The van der Waals surface area contributed by atoms with E-state index in [2.05, 4.69) is 6.58 Å². The quantitative estimate of drug-likeness (QED) is 0.467. The van der Waals surface area contributed by atoms with E-state index in [-0.39, 0.29) is 40.6 Å². The van der Waals surface area contributed by atoms with Crippen LogP contribution in [0.15, 0.2) is 35.7 Å². The maximum Gasteiger partial charge on any atom is 0.325 e. The molecule has 2 saturated heterocycles. The molecule has 2 bridgehead atoms. The van der Waals surface area contributed by atoms with Crippen molar-refractivity contribution in [2.45, 2.75) is 43.2 Å². The summed E-state index contributed by atoms with van der Waals surface area (Å²) >= 11 is 12.1. The lowest BCUT2D eigenvalue weighted by Gasteiger charge is -2.40. The van der Waals surface area contributed by atoms with Crippen LogP contribution in [0.3, 0.4) is 0 Å². The number of ether oxygens (including phenoxy) is 1. The summed E-state index contributed by atoms with van der Waals surface area (Å²) in [4.78, 5) is 26.7. The fourth-order valence-electron chi connectivity index (χ4n) is 4.20. The summed E-state index contributed by atoms with van der Waals surface area (Å²) in [6, 6.07) is 2.73. The smallest absolute Gasteiger partial charge is 0.325 e. The average molecular weight is 475 g/mol. The first-order valence-corrected chi connectivity index (χ1v) is 11.9. The summed E-state index contributed by atoms with van der Waals surface area (Å²) < 4.78 is 33.5. The van der Waals surface area contributed by atoms with Crippen molar-refractivity contribution in [3.05, 3.63) is 40.9 Å². The molecule has 1 unspecified atom stereocenters. The van der Waals surface area contributed by atoms with Crippen LogP contribution in [0.5, 0.6) is 0 Å². The van der Waals surface area contributed by atoms with Gasteiger partial charge in [-0.05, 0) is 44.4 Å². The van der Waals surface area contributed by atoms with Gasteiger partial charge in [0.05, 0.1) is 11.5 Å². The normalized spacial score (nSPS) is 25.0. The summed E-state index contributed by atoms with van der Waals surface area (Å²) in [5, 5.41) is 0.383. The number of amides is 1. The van der Waals surface area contributed by atoms with Crippen LogP contribution in [0.25, 0.3) is 0 Å². The Morgan fingerprint density at radius 2 is 1.93 bits per heavy atom. The molecule has 0 aromatic heterocycles. The van der Waals surface area contributed by atoms with Gasteiger partial charge in [0, 0.05) is 28.5 Å². The minimum atomic E-state index is -4.07. The molecule has 7 nitrogen and oxygen atoms in total. The largest absolute Gasteiger partial charge is 0.465 e. The number of hydrogen-bond acceptors (Lipinski definition) is 5. The lowest BCUT2D eigenvalue weighted by molar-refractivity contribution is -0.149. The maximum atomic E-state index is 13.6. The molecule has 0 N–H and O–H groups in total. The Balaban J connectivity index is 2.05. The molecule has 0 aliphatic carbocycles. The molecule has 2 aliphatic rings. The second-order valence-corrected chi connectivity index (χ2v) is 10.1. The molecule has 2 aliphatic heterocycles. The predicted octanol–water partition coefficient (Wildman–Crippen LogP) is 3.11. The summed E-state index contributed by atoms with van der Waals surface area (Å²) in [5.74, 6) is -1.27. The SMILES string of the molecule is C=C[C@H]1CN(CC(=O)OCC)C(=O)C2CCC[C@@H]1N2S(=O)(=O)c1cc(Cl)cc(Cl)c1. The first-order chi connectivity index (χ1) is 14.2. The third-order valence-electron chi connectivity index (χ3n) is 5.47. The second-order valence-electron chi connectivity index (χ2n) is 7.38. The van der Waals surface area contributed by atoms with E-state index in [1.54, 1.807) is 13.0 Å². The van der Waals surface area contributed by atoms with E-state index in [9.17, 15) is 18.0 Å². The molecule has 1 aromatic rings. The van der Waals surface area contributed by atoms with Crippen LogP contribution in [-0.2, 0) is 24.3 Å². The van der Waals surface area contributed by atoms with Gasteiger partial charge in [-0.15, -0.1) is 6.58 Å². The Bertz CT molecular complexity index is 932. The van der Waals surface area contributed by atoms with Gasteiger partial charge in [-0.2, -0.15) is 4.31 Å². The average Bonchev–Trinajstić information content (AvgIpc) is 2.75. The van der Waals surface area contributed by atoms with E-state index in [1.807, 2.05) is 0 Å². The van der Waals surface area contributed by atoms with E-state index in [4.69, 9.17) is 27.9 Å². The summed E-state index contributed by atoms with van der Waals surface area (Å²) in [6.07, 6.45) is 3.30. The highest BCUT2D eigenvalue weighted by Gasteiger charge is 2.49. The molecule has 3 atom stereocenters. The number of hydrogen-bond donors (Lipinski definition) is 0. The minimum Gasteiger partial charge on any atom is -0.465 e. The maximum absolute atomic E-state index is 13.6. The van der Waals surface area contributed by atoms with E-state index in [0.717, 1.165) is 0 Å². The van der Waals surface area contributed by atoms with Gasteiger partial charge >= 0.3 is 5.97 Å². The van der Waals surface area contributed by atoms with E-state index in [1.165, 1.54) is 27.4 Å². The number of benzene rings is 1. The number of esters is 1. The Hall–Kier alpha value is -1.61. The lowest BCUT2D eigenvalue weighted by atomic mass is 9.90. The molecule has 2 fully saturated rings. The number of piperidine rings is 1. The van der Waals surface area contributed by atoms with Gasteiger partial charge in [0.2, 0.25) is 15.9 Å². The van der Waals surface area contributed by atoms with Crippen molar-refractivity contribution in [1.82, 2.24) is 9.21 Å². The van der Waals surface area contributed by atoms with Crippen LogP contribution < -0.4 is 0 Å². The standard InChI is InChI=1S/C20H24Cl2N2O5S/c1-3-13-11-23(12-19(25)29-4-2)20(26)18-7-5-6-17(13)24(18)30(27,28)16-9-14(21)8-15(22)10-16/h3,8-10,13,17-18H,1,4-7,11-12H2,2H3/t13-,17-,18?/m0/s1. The lowest BCUT2D eigenvalue weighted by Crippen LogP contribution is -2.54. The van der Waals surface area contributed by atoms with Gasteiger partial charge in [-0.3, -0.25) is 9.59 Å². The first-order valence-electron chi connectivity index (χ1n) is 9.75. The molecule has 1 amide bonds. The molecule has 164 valence electrons. The van der Waals surface area contributed by atoms with Crippen LogP contribution in [0, 0.1) is 5.92 Å². The van der Waals surface area contributed by atoms with Gasteiger partial charge in [-0.25, -0.2) is 8.42 Å². The molecule has 0 saturated carbocycles. The van der Waals surface area contributed by atoms with Crippen LogP contribution in [-0.4, -0.2) is 61.3 Å². The molecule has 10 heteroatoms. The van der Waals surface area contributed by atoms with E-state index in [0.29, 0.717) is 19.3 Å². The van der Waals surface area contributed by atoms with Gasteiger partial charge in [-0.1, -0.05) is 29.3 Å². The van der Waals surface area contributed by atoms with Gasteiger partial charge < -0.3 is 9.64 Å². The van der Waals surface area contributed by atoms with Crippen molar-refractivity contribution in [3.63, 3.8) is 0 Å². The Morgan fingerprint density at radius 1 is 1.27 bits per heavy atom. The first kappa shape index (κ1) is 23.1. The van der Waals surface area contributed by atoms with Gasteiger partial charge in [0.15, 0.2) is 0 Å². The van der Waals surface area contributed by atoms with Crippen molar-refractivity contribution in [2.75, 3.05) is 19.7 Å². The predicted molar refractivity (Wildman–Crippen MR) is 114 cm³/mol. The fourth-order valence-corrected chi connectivity index (χ4v) is 6.80. The Morgan fingerprint density at radius 3 is 2.53 bits per heavy atom. The van der Waals surface area contributed by atoms with Crippen LogP contribution in [0.2, 0.25) is 10.0 Å². The second kappa shape index (κ2) is 9.26. The van der Waals surface area contributed by atoms with Crippen LogP contribution >= 0.6 is 23.2 Å². The molecule has 1 aromatic carbocycles. The molecular formula is C20H24Cl2N2O5S. The summed E-state index contributed by atoms with van der Waals surface area (Å²) in [7, 11) is -4.07. The number of carbonyl (C=O) groups is 2. The van der Waals surface area contributed by atoms with Gasteiger partial charge in [0.25, 0.3) is 0 Å². The van der Waals surface area contributed by atoms with Crippen molar-refractivity contribution in [3.8, 4) is 0 Å². The number of rotatable bonds is 6. The molecule has 2 heterocycles. The van der Waals surface area contributed by atoms with Gasteiger partial charge in [0.1, 0.15) is 12.6 Å². The summed E-state index contributed by atoms with van der Waals surface area (Å²) in [6.45, 7) is 5.71. The third kappa shape index (κ3) is 4.51. The number of sulfonamides is 1. The minimum absolute atomic E-state index is 0.0636. The summed E-state index contributed by atoms with van der Waals surface area (Å²) in [5.41, 5.74) is 0. The highest BCUT2D eigenvalue weighted by atomic mass is 35.5. The van der Waals surface area contributed by atoms with Crippen molar-refractivity contribution in [2.24, 2.45) is 5.92 Å². The van der Waals surface area contributed by atoms with Crippen LogP contribution in [0.4, 0.5) is 0 Å². The van der Waals surface area contributed by atoms with Crippen molar-refractivity contribution >= 4 is 45.1 Å².